The summed E-state index contributed by atoms with van der Waals surface area (Å²) in [6.45, 7) is 15.5. The number of hydrogen-bond acceptors (Lipinski definition) is 6. The summed E-state index contributed by atoms with van der Waals surface area (Å²) in [6.07, 6.45) is -0.381. The van der Waals surface area contributed by atoms with E-state index in [1.54, 1.807) is 24.3 Å². The van der Waals surface area contributed by atoms with Crippen molar-refractivity contribution in [2.75, 3.05) is 10.6 Å². The highest BCUT2D eigenvalue weighted by atomic mass is 16.7. The Kier molecular flexibility index (Phi) is 14.6. The monoisotopic (exact) mass is 534 g/mol. The normalized spacial score (nSPS) is 12.9. The summed E-state index contributed by atoms with van der Waals surface area (Å²) in [4.78, 5) is 60.7. The van der Waals surface area contributed by atoms with Crippen molar-refractivity contribution in [3.63, 3.8) is 0 Å². The van der Waals surface area contributed by atoms with Crippen molar-refractivity contribution in [2.45, 2.75) is 93.3 Å². The fourth-order valence-corrected chi connectivity index (χ4v) is 3.49. The zero-order chi connectivity index (χ0) is 28.8. The van der Waals surface area contributed by atoms with Gasteiger partial charge in [0.05, 0.1) is 0 Å². The van der Waals surface area contributed by atoms with Crippen molar-refractivity contribution in [1.82, 2.24) is 11.0 Å². The highest BCUT2D eigenvalue weighted by Crippen LogP contribution is 2.19. The van der Waals surface area contributed by atoms with Crippen LogP contribution in [0.5, 0.6) is 0 Å². The first kappa shape index (κ1) is 33.0. The first-order valence-corrected chi connectivity index (χ1v) is 13.4. The summed E-state index contributed by atoms with van der Waals surface area (Å²) in [5.74, 6) is -0.780. The van der Waals surface area contributed by atoms with Crippen LogP contribution in [0.1, 0.15) is 81.1 Å². The first-order chi connectivity index (χ1) is 17.8. The summed E-state index contributed by atoms with van der Waals surface area (Å²) in [7, 11) is 0. The number of carbonyl (C=O) groups is 4. The van der Waals surface area contributed by atoms with E-state index in [9.17, 15) is 19.2 Å². The van der Waals surface area contributed by atoms with Gasteiger partial charge in [0.25, 0.3) is 11.8 Å². The van der Waals surface area contributed by atoms with Crippen molar-refractivity contribution >= 4 is 35.0 Å². The van der Waals surface area contributed by atoms with Gasteiger partial charge in [-0.25, -0.2) is 11.0 Å². The van der Waals surface area contributed by atoms with Crippen LogP contribution < -0.4 is 21.6 Å². The van der Waals surface area contributed by atoms with E-state index >= 15 is 0 Å². The quantitative estimate of drug-likeness (QED) is 0.229. The first-order valence-electron chi connectivity index (χ1n) is 13.4. The number of rotatable bonds is 16. The van der Waals surface area contributed by atoms with Crippen LogP contribution in [-0.2, 0) is 28.9 Å². The van der Waals surface area contributed by atoms with Crippen molar-refractivity contribution < 1.29 is 28.9 Å². The van der Waals surface area contributed by atoms with E-state index < -0.39 is 24.0 Å². The lowest BCUT2D eigenvalue weighted by atomic mass is 10.1. The Morgan fingerprint density at radius 1 is 0.632 bits per heavy atom. The minimum absolute atomic E-state index is 0.150. The smallest absolute Gasteiger partial charge is 0.256 e. The molecule has 4 amide bonds. The highest BCUT2D eigenvalue weighted by Gasteiger charge is 2.24. The molecule has 0 saturated heterocycles. The van der Waals surface area contributed by atoms with E-state index in [-0.39, 0.29) is 35.5 Å². The van der Waals surface area contributed by atoms with E-state index in [2.05, 4.69) is 21.6 Å². The van der Waals surface area contributed by atoms with Gasteiger partial charge in [0.15, 0.2) is 12.2 Å². The second-order valence-electron chi connectivity index (χ2n) is 11.3. The third-order valence-corrected chi connectivity index (χ3v) is 5.17. The number of anilines is 2. The van der Waals surface area contributed by atoms with Gasteiger partial charge < -0.3 is 10.6 Å². The SMILES string of the molecule is CC(C)CC(=O)NO[C@H](CC(C)C)C(=O)Nc1cccc(NC(=O)[C@@H](CC(C)C)ONC(=O)CC(C)C)c1. The van der Waals surface area contributed by atoms with Crippen LogP contribution in [0.15, 0.2) is 24.3 Å². The molecule has 0 bridgehead atoms. The molecule has 1 rings (SSSR count). The molecule has 214 valence electrons. The Labute approximate surface area is 226 Å². The summed E-state index contributed by atoms with van der Waals surface area (Å²) in [5, 5.41) is 5.58. The highest BCUT2D eigenvalue weighted by molar-refractivity contribution is 5.97. The average molecular weight is 535 g/mol. The van der Waals surface area contributed by atoms with E-state index in [0.717, 1.165) is 0 Å². The molecule has 0 aliphatic heterocycles. The fraction of sp³-hybridized carbons (Fsp3) is 0.643. The molecule has 4 N–H and O–H groups in total. The van der Waals surface area contributed by atoms with E-state index in [1.165, 1.54) is 0 Å². The van der Waals surface area contributed by atoms with Crippen molar-refractivity contribution in [3.8, 4) is 0 Å². The van der Waals surface area contributed by atoms with Gasteiger partial charge in [0.1, 0.15) is 0 Å². The van der Waals surface area contributed by atoms with Crippen LogP contribution in [-0.4, -0.2) is 35.8 Å². The van der Waals surface area contributed by atoms with Crippen LogP contribution in [0.2, 0.25) is 0 Å². The van der Waals surface area contributed by atoms with Gasteiger partial charge in [-0.15, -0.1) is 0 Å². The maximum absolute atomic E-state index is 12.9. The van der Waals surface area contributed by atoms with Crippen LogP contribution in [0, 0.1) is 23.7 Å². The zero-order valence-electron chi connectivity index (χ0n) is 24.1. The van der Waals surface area contributed by atoms with Crippen LogP contribution in [0.3, 0.4) is 0 Å². The molecule has 0 radical (unpaired) electrons. The van der Waals surface area contributed by atoms with Gasteiger partial charge in [-0.2, -0.15) is 0 Å². The fourth-order valence-electron chi connectivity index (χ4n) is 3.49. The van der Waals surface area contributed by atoms with Gasteiger partial charge >= 0.3 is 0 Å². The van der Waals surface area contributed by atoms with E-state index in [0.29, 0.717) is 37.1 Å². The maximum atomic E-state index is 12.9. The van der Waals surface area contributed by atoms with Crippen molar-refractivity contribution in [3.05, 3.63) is 24.3 Å². The number of amides is 4. The predicted octanol–water partition coefficient (Wildman–Crippen LogP) is 4.58. The summed E-state index contributed by atoms with van der Waals surface area (Å²) in [5.41, 5.74) is 5.66. The Bertz CT molecular complexity index is 847. The molecule has 0 aliphatic carbocycles. The van der Waals surface area contributed by atoms with Crippen LogP contribution in [0.4, 0.5) is 11.4 Å². The molecule has 0 fully saturated rings. The second-order valence-corrected chi connectivity index (χ2v) is 11.3. The van der Waals surface area contributed by atoms with Gasteiger partial charge in [-0.1, -0.05) is 61.5 Å². The van der Waals surface area contributed by atoms with Crippen molar-refractivity contribution in [1.29, 1.82) is 0 Å². The molecule has 1 aromatic rings. The lowest BCUT2D eigenvalue weighted by molar-refractivity contribution is -0.148. The van der Waals surface area contributed by atoms with Gasteiger partial charge in [0.2, 0.25) is 11.8 Å². The molecule has 38 heavy (non-hydrogen) atoms. The molecule has 10 heteroatoms. The number of nitrogens with one attached hydrogen (secondary N) is 4. The summed E-state index contributed by atoms with van der Waals surface area (Å²) in [6, 6.07) is 6.68. The molecule has 0 saturated carbocycles. The minimum atomic E-state index is -0.886. The molecule has 0 unspecified atom stereocenters. The molecule has 2 atom stereocenters. The number of benzene rings is 1. The molecular formula is C28H46N4O6. The van der Waals surface area contributed by atoms with E-state index in [4.69, 9.17) is 9.68 Å². The van der Waals surface area contributed by atoms with E-state index in [1.807, 2.05) is 55.4 Å². The number of hydrogen-bond donors (Lipinski definition) is 4. The maximum Gasteiger partial charge on any atom is 0.256 e. The topological polar surface area (TPSA) is 135 Å². The van der Waals surface area contributed by atoms with Gasteiger partial charge in [-0.05, 0) is 54.7 Å². The second kappa shape index (κ2) is 16.8. The molecule has 0 spiro atoms. The standard InChI is InChI=1S/C28H46N4O6/c1-17(2)12-23(37-31-25(33)14-19(5)6)27(35)29-21-10-9-11-22(16-21)30-28(36)24(13-18(3)4)38-32-26(34)15-20(7)8/h9-11,16-20,23-24H,12-15H2,1-8H3,(H,29,35)(H,30,36)(H,31,33)(H,32,34)/t23-,24-/m1/s1. The minimum Gasteiger partial charge on any atom is -0.324 e. The Balaban J connectivity index is 2.85. The summed E-state index contributed by atoms with van der Waals surface area (Å²) >= 11 is 0. The Morgan fingerprint density at radius 2 is 1.00 bits per heavy atom. The molecule has 10 nitrogen and oxygen atoms in total. The molecule has 0 aromatic heterocycles. The molecule has 0 aliphatic rings. The molecule has 1 aromatic carbocycles. The third kappa shape index (κ3) is 14.1. The Hall–Kier alpha value is -2.98. The zero-order valence-corrected chi connectivity index (χ0v) is 24.1. The third-order valence-electron chi connectivity index (χ3n) is 5.17. The molecule has 0 heterocycles. The lowest BCUT2D eigenvalue weighted by Crippen LogP contribution is -2.39. The largest absolute Gasteiger partial charge is 0.324 e. The van der Waals surface area contributed by atoms with Gasteiger partial charge in [-0.3, -0.25) is 28.9 Å². The number of hydroxylamine groups is 2. The van der Waals surface area contributed by atoms with Crippen LogP contribution >= 0.6 is 0 Å². The summed E-state index contributed by atoms with van der Waals surface area (Å²) < 4.78 is 0. The lowest BCUT2D eigenvalue weighted by Gasteiger charge is -2.20. The predicted molar refractivity (Wildman–Crippen MR) is 148 cm³/mol. The average Bonchev–Trinajstić information content (AvgIpc) is 2.78. The number of carbonyl (C=O) groups excluding carboxylic acids is 4. The van der Waals surface area contributed by atoms with Crippen molar-refractivity contribution in [2.24, 2.45) is 23.7 Å². The van der Waals surface area contributed by atoms with Gasteiger partial charge in [0, 0.05) is 24.2 Å². The van der Waals surface area contributed by atoms with Crippen LogP contribution in [0.25, 0.3) is 0 Å². The molecular weight excluding hydrogens is 488 g/mol. The Morgan fingerprint density at radius 3 is 1.32 bits per heavy atom.